The van der Waals surface area contributed by atoms with Crippen molar-refractivity contribution in [3.8, 4) is 0 Å². The predicted octanol–water partition coefficient (Wildman–Crippen LogP) is 4.03. The molecule has 3 aliphatic heterocycles. The Morgan fingerprint density at radius 2 is 1.80 bits per heavy atom. The fourth-order valence-electron chi connectivity index (χ4n) is 6.96. The number of esters is 1. The van der Waals surface area contributed by atoms with Crippen LogP contribution in [0.3, 0.4) is 0 Å². The number of anilines is 2. The number of thioether (sulfide) groups is 1. The van der Waals surface area contributed by atoms with E-state index in [1.807, 2.05) is 31.2 Å². The summed E-state index contributed by atoms with van der Waals surface area (Å²) in [5.41, 5.74) is 1.83. The Morgan fingerprint density at radius 3 is 2.40 bits per heavy atom. The van der Waals surface area contributed by atoms with Gasteiger partial charge in [0.25, 0.3) is 5.91 Å². The summed E-state index contributed by atoms with van der Waals surface area (Å²) in [6.45, 7) is 16.3. The van der Waals surface area contributed by atoms with Crippen LogP contribution in [0.2, 0.25) is 0 Å². The molecule has 1 spiro atoms. The molecular weight excluding hydrogens is 526 g/mol. The summed E-state index contributed by atoms with van der Waals surface area (Å²) in [5.74, 6) is -1.98. The summed E-state index contributed by atoms with van der Waals surface area (Å²) in [6.07, 6.45) is 5.73. The van der Waals surface area contributed by atoms with Gasteiger partial charge in [0.15, 0.2) is 0 Å². The molecule has 8 nitrogen and oxygen atoms in total. The lowest BCUT2D eigenvalue weighted by Crippen LogP contribution is -2.55. The molecule has 2 bridgehead atoms. The highest BCUT2D eigenvalue weighted by atomic mass is 32.2. The van der Waals surface area contributed by atoms with E-state index in [1.54, 1.807) is 27.6 Å². The van der Waals surface area contributed by atoms with Gasteiger partial charge in [0.05, 0.1) is 16.6 Å². The van der Waals surface area contributed by atoms with Gasteiger partial charge in [0.2, 0.25) is 5.91 Å². The molecule has 2 unspecified atom stereocenters. The van der Waals surface area contributed by atoms with E-state index < -0.39 is 33.3 Å². The molecule has 0 aliphatic carbocycles. The minimum Gasteiger partial charge on any atom is -0.461 e. The molecule has 1 N–H and O–H groups in total. The first-order valence-corrected chi connectivity index (χ1v) is 15.2. The Morgan fingerprint density at radius 1 is 1.12 bits per heavy atom. The summed E-state index contributed by atoms with van der Waals surface area (Å²) < 4.78 is 4.29. The van der Waals surface area contributed by atoms with E-state index in [0.29, 0.717) is 32.4 Å². The summed E-state index contributed by atoms with van der Waals surface area (Å²) in [4.78, 5) is 47.7. The molecule has 5 atom stereocenters. The average Bonchev–Trinajstić information content (AvgIpc) is 3.52. The van der Waals surface area contributed by atoms with Crippen molar-refractivity contribution < 1.29 is 24.2 Å². The van der Waals surface area contributed by atoms with Crippen LogP contribution in [0.4, 0.5) is 11.4 Å². The van der Waals surface area contributed by atoms with Gasteiger partial charge in [-0.25, -0.2) is 0 Å². The van der Waals surface area contributed by atoms with Crippen molar-refractivity contribution in [3.05, 3.63) is 49.6 Å². The van der Waals surface area contributed by atoms with Crippen LogP contribution in [0.15, 0.2) is 49.6 Å². The number of amides is 2. The van der Waals surface area contributed by atoms with Gasteiger partial charge in [-0.2, -0.15) is 0 Å². The van der Waals surface area contributed by atoms with E-state index in [9.17, 15) is 19.5 Å². The number of hydrogen-bond donors (Lipinski definition) is 1. The maximum Gasteiger partial charge on any atom is 0.311 e. The third kappa shape index (κ3) is 5.07. The Balaban J connectivity index is 1.73. The largest absolute Gasteiger partial charge is 0.461 e. The first kappa shape index (κ1) is 30.2. The summed E-state index contributed by atoms with van der Waals surface area (Å²) >= 11 is 1.63. The first-order chi connectivity index (χ1) is 19.2. The normalized spacial score (nSPS) is 28.4. The van der Waals surface area contributed by atoms with Gasteiger partial charge in [-0.15, -0.1) is 18.3 Å². The second-order valence-electron chi connectivity index (χ2n) is 11.0. The molecule has 40 heavy (non-hydrogen) atoms. The number of aliphatic hydroxyl groups is 1. The Kier molecular flexibility index (Phi) is 9.35. The number of rotatable bonds is 14. The van der Waals surface area contributed by atoms with Crippen molar-refractivity contribution in [1.29, 1.82) is 0 Å². The lowest BCUT2D eigenvalue weighted by Gasteiger charge is -2.37. The number of hydrogen-bond acceptors (Lipinski definition) is 7. The molecule has 0 saturated carbocycles. The fourth-order valence-corrected chi connectivity index (χ4v) is 9.30. The summed E-state index contributed by atoms with van der Waals surface area (Å²) in [7, 11) is 0. The second kappa shape index (κ2) is 12.4. The third-order valence-corrected chi connectivity index (χ3v) is 10.8. The molecule has 1 aromatic rings. The van der Waals surface area contributed by atoms with Crippen LogP contribution >= 0.6 is 11.8 Å². The van der Waals surface area contributed by atoms with Crippen molar-refractivity contribution >= 4 is 40.9 Å². The number of ether oxygens (including phenoxy) is 1. The zero-order valence-corrected chi connectivity index (χ0v) is 24.8. The number of aliphatic hydroxyl groups excluding tert-OH is 1. The smallest absolute Gasteiger partial charge is 0.311 e. The van der Waals surface area contributed by atoms with Crippen LogP contribution in [0.1, 0.15) is 46.5 Å². The molecule has 3 fully saturated rings. The number of carbonyl (C=O) groups excluding carboxylic acids is 3. The van der Waals surface area contributed by atoms with Crippen molar-refractivity contribution in [2.75, 3.05) is 49.2 Å². The van der Waals surface area contributed by atoms with E-state index in [2.05, 4.69) is 31.9 Å². The molecule has 0 radical (unpaired) electrons. The van der Waals surface area contributed by atoms with E-state index in [1.165, 1.54) is 6.08 Å². The van der Waals surface area contributed by atoms with E-state index in [0.717, 1.165) is 30.9 Å². The minimum atomic E-state index is -0.727. The predicted molar refractivity (Wildman–Crippen MR) is 160 cm³/mol. The van der Waals surface area contributed by atoms with Gasteiger partial charge >= 0.3 is 5.97 Å². The fraction of sp³-hybridized carbons (Fsp3) is 0.581. The zero-order chi connectivity index (χ0) is 29.1. The molecular formula is C31H43N3O5S. The van der Waals surface area contributed by atoms with Crippen molar-refractivity contribution in [2.45, 2.75) is 62.0 Å². The number of benzene rings is 1. The third-order valence-electron chi connectivity index (χ3n) is 8.78. The molecule has 1 aromatic carbocycles. The van der Waals surface area contributed by atoms with Crippen LogP contribution in [0.25, 0.3) is 0 Å². The number of fused-ring (bicyclic) bond motifs is 1. The molecule has 3 aliphatic rings. The van der Waals surface area contributed by atoms with E-state index in [4.69, 9.17) is 4.74 Å². The Labute approximate surface area is 242 Å². The topological polar surface area (TPSA) is 90.4 Å². The van der Waals surface area contributed by atoms with Gasteiger partial charge in [-0.1, -0.05) is 18.7 Å². The lowest BCUT2D eigenvalue weighted by molar-refractivity contribution is -0.154. The molecule has 3 saturated heterocycles. The molecule has 0 aromatic heterocycles. The molecule has 3 heterocycles. The van der Waals surface area contributed by atoms with Crippen LogP contribution < -0.4 is 9.80 Å². The van der Waals surface area contributed by atoms with Gasteiger partial charge in [0, 0.05) is 48.9 Å². The quantitative estimate of drug-likeness (QED) is 0.206. The standard InChI is InChI=1S/C31H43N3O5S/c1-6-18-33(23-14-12-22(13-15-23)32(8-3)9-4)28(37)26-31-17-16-30(5,40-31)25(29(38)39-21-7-2)24(31)27(36)34(26)19-10-11-20-35/h6-7,12-15,24-26,35H,1-2,8-11,16-21H2,3-5H3/t24-,25-,26?,30+,31?/m0/s1. The average molecular weight is 570 g/mol. The summed E-state index contributed by atoms with van der Waals surface area (Å²) in [6, 6.07) is 7.22. The maximum atomic E-state index is 14.6. The van der Waals surface area contributed by atoms with Crippen molar-refractivity contribution in [2.24, 2.45) is 11.8 Å². The highest BCUT2D eigenvalue weighted by Crippen LogP contribution is 2.71. The number of carbonyl (C=O) groups is 3. The number of nitrogens with zero attached hydrogens (tertiary/aromatic N) is 3. The van der Waals surface area contributed by atoms with Gasteiger partial charge in [0.1, 0.15) is 12.6 Å². The molecule has 218 valence electrons. The first-order valence-electron chi connectivity index (χ1n) is 14.4. The Hall–Kier alpha value is -2.78. The lowest BCUT2D eigenvalue weighted by atomic mass is 9.66. The Bertz CT molecular complexity index is 1120. The summed E-state index contributed by atoms with van der Waals surface area (Å²) in [5, 5.41) is 9.41. The van der Waals surface area contributed by atoms with Crippen LogP contribution in [-0.2, 0) is 19.1 Å². The van der Waals surface area contributed by atoms with Crippen LogP contribution in [0, 0.1) is 11.8 Å². The van der Waals surface area contributed by atoms with E-state index >= 15 is 0 Å². The van der Waals surface area contributed by atoms with Crippen molar-refractivity contribution in [3.63, 3.8) is 0 Å². The van der Waals surface area contributed by atoms with Gasteiger partial charge in [-0.3, -0.25) is 14.4 Å². The minimum absolute atomic E-state index is 0.0139. The molecule has 4 rings (SSSR count). The van der Waals surface area contributed by atoms with E-state index in [-0.39, 0.29) is 25.0 Å². The number of unbranched alkanes of at least 4 members (excludes halogenated alkanes) is 1. The highest BCUT2D eigenvalue weighted by molar-refractivity contribution is 8.02. The van der Waals surface area contributed by atoms with Gasteiger partial charge < -0.3 is 24.5 Å². The van der Waals surface area contributed by atoms with Crippen LogP contribution in [0.5, 0.6) is 0 Å². The highest BCUT2D eigenvalue weighted by Gasteiger charge is 2.77. The van der Waals surface area contributed by atoms with Crippen molar-refractivity contribution in [1.82, 2.24) is 4.90 Å². The monoisotopic (exact) mass is 569 g/mol. The molecule has 2 amide bonds. The second-order valence-corrected chi connectivity index (χ2v) is 12.9. The molecule has 9 heteroatoms. The van der Waals surface area contributed by atoms with Gasteiger partial charge in [-0.05, 0) is 70.7 Å². The zero-order valence-electron chi connectivity index (χ0n) is 24.0. The maximum absolute atomic E-state index is 14.6. The SMILES string of the molecule is C=CCOC(=O)[C@@H]1[C@H]2C(=O)N(CCCCO)C(C(=O)N(CC=C)c3ccc(N(CC)CC)cc3)C23CC[C@@]1(C)S3. The number of likely N-dealkylation sites (tertiary alicyclic amines) is 1. The van der Waals surface area contributed by atoms with Crippen LogP contribution in [-0.4, -0.2) is 82.7 Å².